The van der Waals surface area contributed by atoms with Gasteiger partial charge in [-0.05, 0) is 31.2 Å². The van der Waals surface area contributed by atoms with Crippen LogP contribution in [0.4, 0.5) is 10.9 Å². The van der Waals surface area contributed by atoms with Crippen LogP contribution in [0.15, 0.2) is 42.5 Å². The summed E-state index contributed by atoms with van der Waals surface area (Å²) < 4.78 is 4.90. The lowest BCUT2D eigenvalue weighted by Crippen LogP contribution is -2.35. The van der Waals surface area contributed by atoms with Gasteiger partial charge in [-0.15, -0.1) is 10.2 Å². The number of hydrogen-bond acceptors (Lipinski definition) is 8. The zero-order chi connectivity index (χ0) is 20.2. The van der Waals surface area contributed by atoms with E-state index in [9.17, 15) is 9.59 Å². The average molecular weight is 409 g/mol. The van der Waals surface area contributed by atoms with Gasteiger partial charge in [0.05, 0.1) is 18.8 Å². The molecule has 0 fully saturated rings. The van der Waals surface area contributed by atoms with Crippen molar-refractivity contribution in [3.8, 4) is 0 Å². The third-order valence-corrected chi connectivity index (χ3v) is 5.42. The van der Waals surface area contributed by atoms with Crippen LogP contribution in [0, 0.1) is 0 Å². The van der Waals surface area contributed by atoms with Crippen molar-refractivity contribution in [1.29, 1.82) is 0 Å². The standard InChI is InChI=1S/C20H19N5O3S/c1-2-28-19(27)15-8-9-17(24-23-15)22-20-21-14-10-11-25(12-16(14)29-20)18(26)13-6-4-3-5-7-13/h3-9H,2,10-12H2,1H3,(H,21,22,24). The number of thiazole rings is 1. The smallest absolute Gasteiger partial charge is 0.358 e. The fraction of sp³-hybridized carbons (Fsp3) is 0.250. The van der Waals surface area contributed by atoms with Crippen molar-refractivity contribution in [2.75, 3.05) is 18.5 Å². The zero-order valence-electron chi connectivity index (χ0n) is 15.8. The van der Waals surface area contributed by atoms with E-state index in [-0.39, 0.29) is 18.2 Å². The highest BCUT2D eigenvalue weighted by Crippen LogP contribution is 2.30. The van der Waals surface area contributed by atoms with Gasteiger partial charge >= 0.3 is 5.97 Å². The number of aromatic nitrogens is 3. The number of nitrogens with one attached hydrogen (secondary N) is 1. The number of carbonyl (C=O) groups is 2. The minimum absolute atomic E-state index is 0.0274. The van der Waals surface area contributed by atoms with Crippen molar-refractivity contribution >= 4 is 34.2 Å². The molecule has 4 rings (SSSR count). The van der Waals surface area contributed by atoms with Gasteiger partial charge in [-0.3, -0.25) is 4.79 Å². The minimum atomic E-state index is -0.501. The van der Waals surface area contributed by atoms with Crippen LogP contribution < -0.4 is 5.32 Å². The Balaban J connectivity index is 1.43. The number of ether oxygens (including phenoxy) is 1. The van der Waals surface area contributed by atoms with Crippen molar-refractivity contribution < 1.29 is 14.3 Å². The number of carbonyl (C=O) groups excluding carboxylic acids is 2. The molecule has 0 unspecified atom stereocenters. The van der Waals surface area contributed by atoms with Gasteiger partial charge in [0.25, 0.3) is 5.91 Å². The molecule has 9 heteroatoms. The SMILES string of the molecule is CCOC(=O)c1ccc(Nc2nc3c(s2)CN(C(=O)c2ccccc2)CC3)nn1. The van der Waals surface area contributed by atoms with Crippen LogP contribution in [-0.4, -0.2) is 45.1 Å². The third kappa shape index (κ3) is 4.24. The molecule has 0 spiro atoms. The summed E-state index contributed by atoms with van der Waals surface area (Å²) in [6.07, 6.45) is 0.708. The van der Waals surface area contributed by atoms with Crippen molar-refractivity contribution in [2.24, 2.45) is 0 Å². The number of fused-ring (bicyclic) bond motifs is 1. The predicted molar refractivity (Wildman–Crippen MR) is 108 cm³/mol. The fourth-order valence-electron chi connectivity index (χ4n) is 3.01. The molecule has 1 aliphatic heterocycles. The Hall–Kier alpha value is -3.33. The van der Waals surface area contributed by atoms with Gasteiger partial charge in [-0.25, -0.2) is 9.78 Å². The van der Waals surface area contributed by atoms with E-state index in [1.54, 1.807) is 19.1 Å². The Morgan fingerprint density at radius 1 is 1.17 bits per heavy atom. The molecule has 3 heterocycles. The molecule has 1 amide bonds. The van der Waals surface area contributed by atoms with E-state index in [0.29, 0.717) is 36.0 Å². The molecule has 0 saturated carbocycles. The Kier molecular flexibility index (Phi) is 5.48. The summed E-state index contributed by atoms with van der Waals surface area (Å²) in [5, 5.41) is 11.7. The van der Waals surface area contributed by atoms with Gasteiger partial charge < -0.3 is 15.0 Å². The lowest BCUT2D eigenvalue weighted by Gasteiger charge is -2.26. The monoisotopic (exact) mass is 409 g/mol. The maximum absolute atomic E-state index is 12.7. The molecule has 1 aliphatic rings. The Morgan fingerprint density at radius 2 is 2.00 bits per heavy atom. The van der Waals surface area contributed by atoms with E-state index in [0.717, 1.165) is 10.6 Å². The molecule has 2 aromatic heterocycles. The molecule has 0 aliphatic carbocycles. The molecular formula is C20H19N5O3S. The Bertz CT molecular complexity index is 1020. The van der Waals surface area contributed by atoms with Crippen LogP contribution in [0.5, 0.6) is 0 Å². The first kappa shape index (κ1) is 19.0. The van der Waals surface area contributed by atoms with Crippen LogP contribution in [0.1, 0.15) is 38.3 Å². The summed E-state index contributed by atoms with van der Waals surface area (Å²) in [7, 11) is 0. The summed E-state index contributed by atoms with van der Waals surface area (Å²) in [5.74, 6) is 0.0142. The van der Waals surface area contributed by atoms with E-state index < -0.39 is 5.97 Å². The van der Waals surface area contributed by atoms with Gasteiger partial charge in [0.1, 0.15) is 0 Å². The van der Waals surface area contributed by atoms with Crippen molar-refractivity contribution in [3.63, 3.8) is 0 Å². The first-order valence-electron chi connectivity index (χ1n) is 9.25. The summed E-state index contributed by atoms with van der Waals surface area (Å²) >= 11 is 1.49. The van der Waals surface area contributed by atoms with E-state index >= 15 is 0 Å². The summed E-state index contributed by atoms with van der Waals surface area (Å²) in [4.78, 5) is 31.8. The quantitative estimate of drug-likeness (QED) is 0.647. The first-order valence-corrected chi connectivity index (χ1v) is 10.1. The van der Waals surface area contributed by atoms with Crippen molar-refractivity contribution in [2.45, 2.75) is 19.9 Å². The molecule has 0 saturated heterocycles. The molecule has 0 bridgehead atoms. The Labute approximate surface area is 171 Å². The lowest BCUT2D eigenvalue weighted by molar-refractivity contribution is 0.0518. The normalized spacial score (nSPS) is 12.9. The molecule has 0 radical (unpaired) electrons. The third-order valence-electron chi connectivity index (χ3n) is 4.42. The molecule has 1 aromatic carbocycles. The van der Waals surface area contributed by atoms with Crippen LogP contribution in [0.2, 0.25) is 0 Å². The second-order valence-corrected chi connectivity index (χ2v) is 7.46. The predicted octanol–water partition coefficient (Wildman–Crippen LogP) is 3.05. The summed E-state index contributed by atoms with van der Waals surface area (Å²) in [6.45, 7) is 3.20. The van der Waals surface area contributed by atoms with E-state index in [4.69, 9.17) is 4.74 Å². The molecule has 0 atom stereocenters. The maximum atomic E-state index is 12.7. The Morgan fingerprint density at radius 3 is 2.72 bits per heavy atom. The number of esters is 1. The molecule has 8 nitrogen and oxygen atoms in total. The highest BCUT2D eigenvalue weighted by Gasteiger charge is 2.25. The summed E-state index contributed by atoms with van der Waals surface area (Å²) in [6, 6.07) is 12.5. The largest absolute Gasteiger partial charge is 0.461 e. The lowest BCUT2D eigenvalue weighted by atomic mass is 10.1. The minimum Gasteiger partial charge on any atom is -0.461 e. The molecule has 29 heavy (non-hydrogen) atoms. The number of benzene rings is 1. The van der Waals surface area contributed by atoms with E-state index in [2.05, 4.69) is 20.5 Å². The van der Waals surface area contributed by atoms with Crippen LogP contribution >= 0.6 is 11.3 Å². The second kappa shape index (κ2) is 8.36. The second-order valence-electron chi connectivity index (χ2n) is 6.38. The molecular weight excluding hydrogens is 390 g/mol. The first-order chi connectivity index (χ1) is 14.1. The van der Waals surface area contributed by atoms with Gasteiger partial charge in [0, 0.05) is 23.4 Å². The van der Waals surface area contributed by atoms with E-state index in [1.165, 1.54) is 11.3 Å². The zero-order valence-corrected chi connectivity index (χ0v) is 16.6. The van der Waals surface area contributed by atoms with E-state index in [1.807, 2.05) is 35.2 Å². The van der Waals surface area contributed by atoms with Gasteiger partial charge in [-0.2, -0.15) is 0 Å². The number of amides is 1. The number of hydrogen-bond donors (Lipinski definition) is 1. The maximum Gasteiger partial charge on any atom is 0.358 e. The highest BCUT2D eigenvalue weighted by atomic mass is 32.1. The number of anilines is 2. The van der Waals surface area contributed by atoms with Crippen molar-refractivity contribution in [1.82, 2.24) is 20.1 Å². The van der Waals surface area contributed by atoms with Crippen LogP contribution in [0.25, 0.3) is 0 Å². The topological polar surface area (TPSA) is 97.3 Å². The molecule has 3 aromatic rings. The molecule has 148 valence electrons. The van der Waals surface area contributed by atoms with Gasteiger partial charge in [0.15, 0.2) is 16.6 Å². The molecule has 1 N–H and O–H groups in total. The fourth-order valence-corrected chi connectivity index (χ4v) is 4.04. The number of nitrogens with zero attached hydrogens (tertiary/aromatic N) is 4. The van der Waals surface area contributed by atoms with Crippen LogP contribution in [-0.2, 0) is 17.7 Å². The van der Waals surface area contributed by atoms with Gasteiger partial charge in [0.2, 0.25) is 0 Å². The summed E-state index contributed by atoms with van der Waals surface area (Å²) in [5.41, 5.74) is 1.84. The highest BCUT2D eigenvalue weighted by molar-refractivity contribution is 7.15. The van der Waals surface area contributed by atoms with Crippen LogP contribution in [0.3, 0.4) is 0 Å². The van der Waals surface area contributed by atoms with Crippen molar-refractivity contribution in [3.05, 3.63) is 64.3 Å². The van der Waals surface area contributed by atoms with Gasteiger partial charge in [-0.1, -0.05) is 29.5 Å². The average Bonchev–Trinajstić information content (AvgIpc) is 3.16. The number of rotatable bonds is 5.